The van der Waals surface area contributed by atoms with Crippen molar-refractivity contribution in [2.75, 3.05) is 7.11 Å². The van der Waals surface area contributed by atoms with E-state index in [-0.39, 0.29) is 0 Å². The molecule has 2 aromatic rings. The third-order valence-electron chi connectivity index (χ3n) is 3.06. The molecule has 0 aliphatic carbocycles. The lowest BCUT2D eigenvalue weighted by molar-refractivity contribution is 0.104. The van der Waals surface area contributed by atoms with E-state index in [1.54, 1.807) is 24.3 Å². The van der Waals surface area contributed by atoms with Crippen molar-refractivity contribution < 1.29 is 14.6 Å². The van der Waals surface area contributed by atoms with Gasteiger partial charge in [-0.1, -0.05) is 18.2 Å². The minimum Gasteiger partial charge on any atom is -0.497 e. The van der Waals surface area contributed by atoms with Gasteiger partial charge in [-0.2, -0.15) is 0 Å². The van der Waals surface area contributed by atoms with Crippen molar-refractivity contribution in [1.82, 2.24) is 9.55 Å². The van der Waals surface area contributed by atoms with Crippen molar-refractivity contribution >= 4 is 11.9 Å². The Morgan fingerprint density at radius 3 is 2.77 bits per heavy atom. The first-order chi connectivity index (χ1) is 10.4. The SMILES string of the molecule is COc1cccc(/C=C/C(=O)c2c(O)n(C)c(=O)[nH]c2=O)c1. The van der Waals surface area contributed by atoms with Gasteiger partial charge in [0.05, 0.1) is 7.11 Å². The summed E-state index contributed by atoms with van der Waals surface area (Å²) in [4.78, 5) is 37.0. The minimum absolute atomic E-state index is 0.485. The summed E-state index contributed by atoms with van der Waals surface area (Å²) in [7, 11) is 2.77. The van der Waals surface area contributed by atoms with Crippen LogP contribution in [-0.2, 0) is 7.05 Å². The zero-order valence-electron chi connectivity index (χ0n) is 12.0. The van der Waals surface area contributed by atoms with Gasteiger partial charge in [0.2, 0.25) is 5.88 Å². The molecule has 0 amide bonds. The Bertz CT molecular complexity index is 861. The van der Waals surface area contributed by atoms with Crippen LogP contribution in [-0.4, -0.2) is 27.6 Å². The van der Waals surface area contributed by atoms with E-state index in [0.29, 0.717) is 11.3 Å². The van der Waals surface area contributed by atoms with Crippen LogP contribution in [0.3, 0.4) is 0 Å². The Kier molecular flexibility index (Phi) is 4.26. The number of nitrogens with zero attached hydrogens (tertiary/aromatic N) is 1. The zero-order chi connectivity index (χ0) is 16.3. The van der Waals surface area contributed by atoms with Crippen molar-refractivity contribution in [3.05, 3.63) is 62.3 Å². The van der Waals surface area contributed by atoms with Gasteiger partial charge < -0.3 is 9.84 Å². The topological polar surface area (TPSA) is 101 Å². The second-order valence-electron chi connectivity index (χ2n) is 4.49. The van der Waals surface area contributed by atoms with Crippen LogP contribution >= 0.6 is 0 Å². The van der Waals surface area contributed by atoms with Crippen LogP contribution in [0.25, 0.3) is 6.08 Å². The monoisotopic (exact) mass is 302 g/mol. The predicted molar refractivity (Wildman–Crippen MR) is 80.3 cm³/mol. The lowest BCUT2D eigenvalue weighted by atomic mass is 10.1. The molecule has 0 saturated heterocycles. The van der Waals surface area contributed by atoms with Gasteiger partial charge in [-0.25, -0.2) is 4.79 Å². The molecule has 0 unspecified atom stereocenters. The van der Waals surface area contributed by atoms with E-state index in [1.807, 2.05) is 4.98 Å². The molecular formula is C15H14N2O5. The smallest absolute Gasteiger partial charge is 0.330 e. The standard InChI is InChI=1S/C15H14N2O5/c1-17-14(20)12(13(19)16-15(17)21)11(18)7-6-9-4-3-5-10(8-9)22-2/h3-8,20H,1-2H3,(H,16,19,21)/b7-6+. The van der Waals surface area contributed by atoms with E-state index in [1.165, 1.54) is 20.2 Å². The molecule has 114 valence electrons. The molecule has 1 aromatic heterocycles. The number of methoxy groups -OCH3 is 1. The fourth-order valence-electron chi connectivity index (χ4n) is 1.83. The summed E-state index contributed by atoms with van der Waals surface area (Å²) in [5.74, 6) is -0.761. The lowest BCUT2D eigenvalue weighted by Gasteiger charge is -2.04. The summed E-state index contributed by atoms with van der Waals surface area (Å²) in [6, 6.07) is 6.95. The van der Waals surface area contributed by atoms with Crippen LogP contribution in [0.2, 0.25) is 0 Å². The molecule has 0 atom stereocenters. The fourth-order valence-corrected chi connectivity index (χ4v) is 1.83. The minimum atomic E-state index is -0.930. The van der Waals surface area contributed by atoms with Gasteiger partial charge in [-0.05, 0) is 23.8 Å². The van der Waals surface area contributed by atoms with Gasteiger partial charge in [0.25, 0.3) is 5.56 Å². The molecule has 0 bridgehead atoms. The lowest BCUT2D eigenvalue weighted by Crippen LogP contribution is -2.32. The van der Waals surface area contributed by atoms with Crippen LogP contribution in [0, 0.1) is 0 Å². The van der Waals surface area contributed by atoms with Gasteiger partial charge in [-0.15, -0.1) is 0 Å². The maximum Gasteiger partial charge on any atom is 0.330 e. The van der Waals surface area contributed by atoms with Gasteiger partial charge in [0.15, 0.2) is 5.78 Å². The number of ether oxygens (including phenoxy) is 1. The summed E-state index contributed by atoms with van der Waals surface area (Å²) in [6.07, 6.45) is 2.62. The number of aromatic amines is 1. The molecule has 0 fully saturated rings. The summed E-state index contributed by atoms with van der Waals surface area (Å²) in [6.45, 7) is 0. The highest BCUT2D eigenvalue weighted by atomic mass is 16.5. The quantitative estimate of drug-likeness (QED) is 0.639. The van der Waals surface area contributed by atoms with Crippen molar-refractivity contribution in [3.8, 4) is 11.6 Å². The van der Waals surface area contributed by atoms with Gasteiger partial charge >= 0.3 is 5.69 Å². The number of aromatic hydroxyl groups is 1. The normalized spacial score (nSPS) is 10.8. The summed E-state index contributed by atoms with van der Waals surface area (Å²) in [5.41, 5.74) is -1.52. The van der Waals surface area contributed by atoms with Crippen LogP contribution in [0.1, 0.15) is 15.9 Å². The second-order valence-corrected chi connectivity index (χ2v) is 4.49. The summed E-state index contributed by atoms with van der Waals surface area (Å²) < 4.78 is 5.85. The van der Waals surface area contributed by atoms with Crippen LogP contribution in [0.5, 0.6) is 11.6 Å². The van der Waals surface area contributed by atoms with E-state index in [4.69, 9.17) is 4.74 Å². The van der Waals surface area contributed by atoms with E-state index in [2.05, 4.69) is 0 Å². The number of H-pyrrole nitrogens is 1. The van der Waals surface area contributed by atoms with Gasteiger partial charge in [0.1, 0.15) is 11.3 Å². The van der Waals surface area contributed by atoms with E-state index in [0.717, 1.165) is 10.6 Å². The Hall–Kier alpha value is -3.09. The Morgan fingerprint density at radius 2 is 2.09 bits per heavy atom. The number of benzene rings is 1. The first-order valence-electron chi connectivity index (χ1n) is 6.32. The van der Waals surface area contributed by atoms with E-state index < -0.39 is 28.5 Å². The number of ketones is 1. The van der Waals surface area contributed by atoms with Crippen molar-refractivity contribution in [2.45, 2.75) is 0 Å². The molecule has 2 rings (SSSR count). The maximum atomic E-state index is 12.1. The number of rotatable bonds is 4. The Balaban J connectivity index is 2.37. The number of hydrogen-bond donors (Lipinski definition) is 2. The maximum absolute atomic E-state index is 12.1. The molecule has 2 N–H and O–H groups in total. The number of allylic oxidation sites excluding steroid dienone is 1. The van der Waals surface area contributed by atoms with Crippen LogP contribution in [0.4, 0.5) is 0 Å². The fraction of sp³-hybridized carbons (Fsp3) is 0.133. The summed E-state index contributed by atoms with van der Waals surface area (Å²) in [5, 5.41) is 9.78. The molecule has 1 aromatic carbocycles. The molecule has 0 radical (unpaired) electrons. The number of aromatic nitrogens is 2. The van der Waals surface area contributed by atoms with E-state index in [9.17, 15) is 19.5 Å². The first kappa shape index (κ1) is 15.3. The third-order valence-corrected chi connectivity index (χ3v) is 3.06. The molecular weight excluding hydrogens is 288 g/mol. The van der Waals surface area contributed by atoms with Crippen molar-refractivity contribution in [2.24, 2.45) is 7.05 Å². The zero-order valence-corrected chi connectivity index (χ0v) is 12.0. The average molecular weight is 302 g/mol. The van der Waals surface area contributed by atoms with Crippen molar-refractivity contribution in [3.63, 3.8) is 0 Å². The number of nitrogens with one attached hydrogen (secondary N) is 1. The highest BCUT2D eigenvalue weighted by molar-refractivity contribution is 6.08. The molecule has 0 aliphatic heterocycles. The van der Waals surface area contributed by atoms with Gasteiger partial charge in [-0.3, -0.25) is 19.1 Å². The second kappa shape index (κ2) is 6.13. The molecule has 1 heterocycles. The summed E-state index contributed by atoms with van der Waals surface area (Å²) >= 11 is 0. The molecule has 7 nitrogen and oxygen atoms in total. The highest BCUT2D eigenvalue weighted by Gasteiger charge is 2.17. The van der Waals surface area contributed by atoms with Crippen LogP contribution in [0.15, 0.2) is 39.9 Å². The molecule has 0 saturated carbocycles. The number of carbonyl (C=O) groups excluding carboxylic acids is 1. The molecule has 22 heavy (non-hydrogen) atoms. The Labute approximate surface area is 125 Å². The van der Waals surface area contributed by atoms with Crippen molar-refractivity contribution in [1.29, 1.82) is 0 Å². The highest BCUT2D eigenvalue weighted by Crippen LogP contribution is 2.15. The first-order valence-corrected chi connectivity index (χ1v) is 6.32. The predicted octanol–water partition coefficient (Wildman–Crippen LogP) is 0.684. The number of hydrogen-bond acceptors (Lipinski definition) is 5. The average Bonchev–Trinajstić information content (AvgIpc) is 2.51. The number of carbonyl (C=O) groups is 1. The van der Waals surface area contributed by atoms with E-state index >= 15 is 0 Å². The molecule has 0 spiro atoms. The third kappa shape index (κ3) is 2.98. The van der Waals surface area contributed by atoms with Crippen LogP contribution < -0.4 is 16.0 Å². The van der Waals surface area contributed by atoms with Gasteiger partial charge in [0, 0.05) is 7.05 Å². The Morgan fingerprint density at radius 1 is 1.36 bits per heavy atom. The molecule has 7 heteroatoms. The molecule has 0 aliphatic rings. The largest absolute Gasteiger partial charge is 0.497 e.